The summed E-state index contributed by atoms with van der Waals surface area (Å²) in [6.45, 7) is 1.69. The second-order valence-corrected chi connectivity index (χ2v) is 15.1. The molecule has 0 radical (unpaired) electrons. The summed E-state index contributed by atoms with van der Waals surface area (Å²) in [6, 6.07) is 30.3. The molecule has 6 atom stereocenters. The summed E-state index contributed by atoms with van der Waals surface area (Å²) in [5.74, 6) is -4.32. The zero-order valence-corrected chi connectivity index (χ0v) is 29.0. The summed E-state index contributed by atoms with van der Waals surface area (Å²) in [4.78, 5) is 14.7. The van der Waals surface area contributed by atoms with E-state index in [2.05, 4.69) is 41.7 Å². The molecule has 278 valence electrons. The number of amides is 1. The predicted molar refractivity (Wildman–Crippen MR) is 196 cm³/mol. The van der Waals surface area contributed by atoms with Crippen molar-refractivity contribution in [3.05, 3.63) is 108 Å². The number of nitrogens with one attached hydrogen (secondary N) is 1. The molecule has 3 aromatic rings. The van der Waals surface area contributed by atoms with E-state index in [1.54, 1.807) is 4.90 Å². The van der Waals surface area contributed by atoms with Crippen LogP contribution in [0.1, 0.15) is 113 Å². The Hall–Kier alpha value is -3.39. The van der Waals surface area contributed by atoms with Crippen LogP contribution in [0.15, 0.2) is 91.0 Å². The van der Waals surface area contributed by atoms with Crippen LogP contribution in [0.5, 0.6) is 0 Å². The molecule has 4 aliphatic rings. The van der Waals surface area contributed by atoms with Crippen molar-refractivity contribution in [3.8, 4) is 0 Å². The first-order valence-electron chi connectivity index (χ1n) is 18.7. The third-order valence-corrected chi connectivity index (χ3v) is 11.5. The maximum Gasteiger partial charge on any atom is 0.410 e. The van der Waals surface area contributed by atoms with Gasteiger partial charge in [0.2, 0.25) is 11.8 Å². The zero-order valence-electron chi connectivity index (χ0n) is 29.0. The minimum absolute atomic E-state index is 0. The van der Waals surface area contributed by atoms with Crippen molar-refractivity contribution in [2.75, 3.05) is 13.1 Å². The van der Waals surface area contributed by atoms with Crippen molar-refractivity contribution in [1.82, 2.24) is 10.2 Å². The molecule has 0 spiro atoms. The molecular weight excluding hydrogens is 652 g/mol. The van der Waals surface area contributed by atoms with Crippen LogP contribution in [-0.4, -0.2) is 48.0 Å². The van der Waals surface area contributed by atoms with Gasteiger partial charge in [0.05, 0.1) is 0 Å². The first-order valence-corrected chi connectivity index (χ1v) is 18.7. The molecule has 1 amide bonds. The van der Waals surface area contributed by atoms with Gasteiger partial charge in [-0.05, 0) is 98.3 Å². The van der Waals surface area contributed by atoms with Gasteiger partial charge in [0.15, 0.2) is 0 Å². The molecule has 1 N–H and O–H groups in total. The topological polar surface area (TPSA) is 41.6 Å². The summed E-state index contributed by atoms with van der Waals surface area (Å²) in [5.41, 5.74) is 3.51. The number of halogens is 4. The van der Waals surface area contributed by atoms with Gasteiger partial charge >= 0.3 is 6.09 Å². The van der Waals surface area contributed by atoms with E-state index < -0.39 is 11.8 Å². The third kappa shape index (κ3) is 10.8. The van der Waals surface area contributed by atoms with E-state index >= 15 is 0 Å². The number of likely N-dealkylation sites (tertiary alicyclic amines) is 1. The minimum atomic E-state index is -2.64. The van der Waals surface area contributed by atoms with Crippen molar-refractivity contribution in [3.63, 3.8) is 0 Å². The van der Waals surface area contributed by atoms with Gasteiger partial charge in [0.25, 0.3) is 0 Å². The van der Waals surface area contributed by atoms with Crippen LogP contribution in [0.3, 0.4) is 0 Å². The fraction of sp³-hybridized carbons (Fsp3) is 0.558. The molecule has 2 heterocycles. The Morgan fingerprint density at radius 2 is 1.24 bits per heavy atom. The predicted octanol–water partition coefficient (Wildman–Crippen LogP) is 11.4. The molecule has 7 rings (SSSR count). The molecule has 51 heavy (non-hydrogen) atoms. The molecule has 2 saturated carbocycles. The standard InChI is InChI=1S/C25H29F2NO2.C17H23F2N.CH4/c26-25(27)14-7-12-22(17-25)23-16-21(20-10-5-2-6-11-20)13-15-28(23)24(29)30-18-19-8-3-1-4-9-19;18-17(19)9-4-7-15(12-17)16-11-14(8-10-20-16)13-5-2-1-3-6-13;/h1-6,8-11,21-23H,7,12-18H2;1-3,5-6,14-16,20H,4,7-12H2;1H4/t21-,22+,23+;14-,15+,16+;/m11./s1. The number of carbonyl (C=O) groups is 1. The number of rotatable bonds is 6. The van der Waals surface area contributed by atoms with Gasteiger partial charge < -0.3 is 15.0 Å². The number of benzene rings is 3. The summed E-state index contributed by atoms with van der Waals surface area (Å²) in [7, 11) is 0. The highest BCUT2D eigenvalue weighted by atomic mass is 19.3. The second kappa shape index (κ2) is 17.9. The Kier molecular flexibility index (Phi) is 13.6. The number of carbonyl (C=O) groups excluding carboxylic acids is 1. The van der Waals surface area contributed by atoms with Crippen molar-refractivity contribution >= 4 is 6.09 Å². The number of piperidine rings is 2. The van der Waals surface area contributed by atoms with Crippen molar-refractivity contribution in [2.24, 2.45) is 11.8 Å². The average molecular weight is 709 g/mol. The fourth-order valence-corrected chi connectivity index (χ4v) is 8.93. The molecule has 0 bridgehead atoms. The molecule has 0 aromatic heterocycles. The highest BCUT2D eigenvalue weighted by Crippen LogP contribution is 2.44. The zero-order chi connectivity index (χ0) is 35.0. The van der Waals surface area contributed by atoms with Crippen LogP contribution in [0.4, 0.5) is 22.4 Å². The lowest BCUT2D eigenvalue weighted by molar-refractivity contribution is -0.0714. The van der Waals surface area contributed by atoms with Crippen LogP contribution in [0.25, 0.3) is 0 Å². The van der Waals surface area contributed by atoms with Gasteiger partial charge in [-0.25, -0.2) is 22.4 Å². The molecule has 8 heteroatoms. The van der Waals surface area contributed by atoms with Crippen molar-refractivity contribution in [2.45, 2.75) is 127 Å². The van der Waals surface area contributed by atoms with Gasteiger partial charge in [0, 0.05) is 44.3 Å². The Morgan fingerprint density at radius 1 is 0.706 bits per heavy atom. The number of hydrogen-bond acceptors (Lipinski definition) is 3. The van der Waals surface area contributed by atoms with Crippen LogP contribution in [0, 0.1) is 11.8 Å². The van der Waals surface area contributed by atoms with Crippen molar-refractivity contribution < 1.29 is 27.1 Å². The number of hydrogen-bond donors (Lipinski definition) is 1. The molecule has 2 saturated heterocycles. The Morgan fingerprint density at radius 3 is 1.82 bits per heavy atom. The number of nitrogens with zero attached hydrogens (tertiary/aromatic N) is 1. The molecule has 0 unspecified atom stereocenters. The first-order chi connectivity index (χ1) is 24.2. The van der Waals surface area contributed by atoms with E-state index in [4.69, 9.17) is 4.74 Å². The maximum atomic E-state index is 14.2. The Labute approximate surface area is 302 Å². The minimum Gasteiger partial charge on any atom is -0.445 e. The molecule has 3 aromatic carbocycles. The highest BCUT2D eigenvalue weighted by molar-refractivity contribution is 5.68. The van der Waals surface area contributed by atoms with E-state index in [1.807, 2.05) is 54.6 Å². The lowest BCUT2D eigenvalue weighted by atomic mass is 9.74. The fourth-order valence-electron chi connectivity index (χ4n) is 8.93. The third-order valence-electron chi connectivity index (χ3n) is 11.5. The van der Waals surface area contributed by atoms with Crippen LogP contribution < -0.4 is 5.32 Å². The lowest BCUT2D eigenvalue weighted by Gasteiger charge is -2.45. The lowest BCUT2D eigenvalue weighted by Crippen LogP contribution is -2.51. The normalized spacial score (nSPS) is 28.7. The van der Waals surface area contributed by atoms with E-state index in [0.717, 1.165) is 44.2 Å². The number of ether oxygens (including phenoxy) is 1. The van der Waals surface area contributed by atoms with Gasteiger partial charge in [-0.1, -0.05) is 98.4 Å². The monoisotopic (exact) mass is 708 g/mol. The SMILES string of the molecule is C.FC1(F)CCC[C@H]([C@@H]2C[C@H](c3ccccc3)CCN2)C1.O=C(OCc1ccccc1)N1CC[C@@H](c2ccccc2)C[C@H]1[C@H]1CCCC(F)(F)C1. The molecule has 2 aliphatic heterocycles. The summed E-state index contributed by atoms with van der Waals surface area (Å²) >= 11 is 0. The maximum absolute atomic E-state index is 14.2. The van der Waals surface area contributed by atoms with Gasteiger partial charge in [0.1, 0.15) is 6.61 Å². The quantitative estimate of drug-likeness (QED) is 0.259. The van der Waals surface area contributed by atoms with E-state index in [1.165, 1.54) is 11.1 Å². The first kappa shape index (κ1) is 38.8. The number of alkyl halides is 4. The van der Waals surface area contributed by atoms with Gasteiger partial charge in [-0.2, -0.15) is 0 Å². The van der Waals surface area contributed by atoms with Crippen molar-refractivity contribution in [1.29, 1.82) is 0 Å². The largest absolute Gasteiger partial charge is 0.445 e. The van der Waals surface area contributed by atoms with Crippen LogP contribution in [0.2, 0.25) is 0 Å². The van der Waals surface area contributed by atoms with Crippen LogP contribution in [-0.2, 0) is 11.3 Å². The smallest absolute Gasteiger partial charge is 0.410 e. The Balaban J connectivity index is 0.000000209. The summed E-state index contributed by atoms with van der Waals surface area (Å²) in [5, 5.41) is 3.49. The molecule has 2 aliphatic carbocycles. The highest BCUT2D eigenvalue weighted by Gasteiger charge is 2.45. The van der Waals surface area contributed by atoms with Gasteiger partial charge in [-0.15, -0.1) is 0 Å². The average Bonchev–Trinajstić information content (AvgIpc) is 3.14. The summed E-state index contributed by atoms with van der Waals surface area (Å²) < 4.78 is 61.2. The van der Waals surface area contributed by atoms with E-state index in [-0.39, 0.29) is 75.6 Å². The molecule has 4 fully saturated rings. The van der Waals surface area contributed by atoms with E-state index in [9.17, 15) is 22.4 Å². The van der Waals surface area contributed by atoms with Gasteiger partial charge in [-0.3, -0.25) is 0 Å². The Bertz CT molecular complexity index is 1480. The molecular formula is C43H56F4N2O2. The summed E-state index contributed by atoms with van der Waals surface area (Å²) in [6.07, 6.45) is 6.12. The second-order valence-electron chi connectivity index (χ2n) is 15.1. The van der Waals surface area contributed by atoms with Crippen LogP contribution >= 0.6 is 0 Å². The molecule has 4 nitrogen and oxygen atoms in total. The van der Waals surface area contributed by atoms with E-state index in [0.29, 0.717) is 31.7 Å².